The van der Waals surface area contributed by atoms with Crippen molar-refractivity contribution in [1.29, 1.82) is 0 Å². The molecule has 0 unspecified atom stereocenters. The van der Waals surface area contributed by atoms with E-state index in [1.54, 1.807) is 12.1 Å². The van der Waals surface area contributed by atoms with E-state index >= 15 is 0 Å². The van der Waals surface area contributed by atoms with Crippen LogP contribution < -0.4 is 10.2 Å². The predicted octanol–water partition coefficient (Wildman–Crippen LogP) is 6.16. The molecule has 0 amide bonds. The van der Waals surface area contributed by atoms with Gasteiger partial charge in [-0.2, -0.15) is 0 Å². The molecule has 0 atom stereocenters. The molecular weight excluding hydrogens is 792 g/mol. The van der Waals surface area contributed by atoms with Gasteiger partial charge in [0.1, 0.15) is 8.95 Å². The number of nitrogens with zero attached hydrogens (tertiary/aromatic N) is 5. The van der Waals surface area contributed by atoms with Crippen LogP contribution in [0.5, 0.6) is 0 Å². The van der Waals surface area contributed by atoms with Crippen molar-refractivity contribution in [2.24, 2.45) is 0 Å². The summed E-state index contributed by atoms with van der Waals surface area (Å²) in [6.45, 7) is 3.42. The van der Waals surface area contributed by atoms with Gasteiger partial charge >= 0.3 is 11.4 Å². The molecule has 3 N–H and O–H groups in total. The summed E-state index contributed by atoms with van der Waals surface area (Å²) in [7, 11) is 0. The van der Waals surface area contributed by atoms with E-state index in [0.29, 0.717) is 50.6 Å². The van der Waals surface area contributed by atoms with Gasteiger partial charge in [0.25, 0.3) is 0 Å². The maximum absolute atomic E-state index is 11.3. The predicted molar refractivity (Wildman–Crippen MR) is 149 cm³/mol. The van der Waals surface area contributed by atoms with Crippen molar-refractivity contribution in [3.05, 3.63) is 55.0 Å². The third kappa shape index (κ3) is 5.39. The summed E-state index contributed by atoms with van der Waals surface area (Å²) in [6, 6.07) is 3.52. The van der Waals surface area contributed by atoms with E-state index in [4.69, 9.17) is 0 Å². The monoisotopic (exact) mass is 800 g/mol. The quantitative estimate of drug-likeness (QED) is 0.164. The second-order valence-corrected chi connectivity index (χ2v) is 11.2. The Bertz CT molecular complexity index is 1470. The number of rotatable bonds is 3. The van der Waals surface area contributed by atoms with E-state index in [-0.39, 0.29) is 11.4 Å². The van der Waals surface area contributed by atoms with E-state index < -0.39 is 9.85 Å². The summed E-state index contributed by atoms with van der Waals surface area (Å²) in [4.78, 5) is 37.8. The average molecular weight is 805 g/mol. The van der Waals surface area contributed by atoms with Crippen LogP contribution in [0, 0.1) is 20.2 Å². The Morgan fingerprint density at radius 3 is 1.80 bits per heavy atom. The number of imidazole rings is 2. The van der Waals surface area contributed by atoms with Crippen LogP contribution in [0.4, 0.5) is 17.3 Å². The number of nitro groups is 2. The largest absolute Gasteiger partial charge is 0.340 e. The molecule has 1 fully saturated rings. The fourth-order valence-corrected chi connectivity index (χ4v) is 5.59. The maximum Gasteiger partial charge on any atom is 0.312 e. The molecule has 4 aromatic rings. The Hall–Kier alpha value is -1.66. The molecule has 35 heavy (non-hydrogen) atoms. The fraction of sp³-hybridized carbons (Fsp3) is 0.222. The first-order valence-corrected chi connectivity index (χ1v) is 13.7. The molecule has 1 aliphatic heterocycles. The van der Waals surface area contributed by atoms with Crippen molar-refractivity contribution in [3.8, 4) is 0 Å². The Labute approximate surface area is 238 Å². The third-order valence-electron chi connectivity index (χ3n) is 5.03. The molecule has 1 saturated heterocycles. The number of H-pyrrole nitrogens is 2. The number of benzene rings is 2. The number of fused-ring (bicyclic) bond motifs is 2. The van der Waals surface area contributed by atoms with Crippen LogP contribution in [0.3, 0.4) is 0 Å². The molecule has 5 rings (SSSR count). The van der Waals surface area contributed by atoms with Crippen LogP contribution in [0.1, 0.15) is 0 Å². The summed E-state index contributed by atoms with van der Waals surface area (Å²) in [5.41, 5.74) is 1.87. The van der Waals surface area contributed by atoms with Crippen LogP contribution in [-0.4, -0.2) is 56.0 Å². The number of aromatic amines is 2. The number of anilines is 1. The second kappa shape index (κ2) is 10.8. The first-order valence-electron chi connectivity index (χ1n) is 9.73. The van der Waals surface area contributed by atoms with Crippen molar-refractivity contribution in [1.82, 2.24) is 25.3 Å². The van der Waals surface area contributed by atoms with E-state index in [1.807, 2.05) is 0 Å². The molecule has 12 nitrogen and oxygen atoms in total. The average Bonchev–Trinajstić information content (AvgIpc) is 3.38. The lowest BCUT2D eigenvalue weighted by Crippen LogP contribution is -2.44. The smallest absolute Gasteiger partial charge is 0.312 e. The molecule has 1 aliphatic rings. The van der Waals surface area contributed by atoms with Gasteiger partial charge in [0.15, 0.2) is 15.8 Å². The topological polar surface area (TPSA) is 159 Å². The molecule has 184 valence electrons. The number of hydrogen-bond acceptors (Lipinski definition) is 8. The lowest BCUT2D eigenvalue weighted by Gasteiger charge is -2.26. The Morgan fingerprint density at radius 1 is 0.800 bits per heavy atom. The van der Waals surface area contributed by atoms with Gasteiger partial charge in [-0.3, -0.25) is 20.2 Å². The number of halogens is 5. The van der Waals surface area contributed by atoms with Crippen LogP contribution in [-0.2, 0) is 0 Å². The minimum atomic E-state index is -0.468. The minimum Gasteiger partial charge on any atom is -0.340 e. The van der Waals surface area contributed by atoms with Gasteiger partial charge in [-0.05, 0) is 91.8 Å². The number of hydrogen-bond donors (Lipinski definition) is 3. The van der Waals surface area contributed by atoms with Gasteiger partial charge in [0, 0.05) is 35.1 Å². The zero-order valence-electron chi connectivity index (χ0n) is 17.2. The van der Waals surface area contributed by atoms with Crippen LogP contribution in [0.15, 0.2) is 34.8 Å². The van der Waals surface area contributed by atoms with Crippen LogP contribution >= 0.6 is 79.6 Å². The highest BCUT2D eigenvalue weighted by molar-refractivity contribution is 9.13. The summed E-state index contributed by atoms with van der Waals surface area (Å²) >= 11 is 16.1. The van der Waals surface area contributed by atoms with E-state index in [1.165, 1.54) is 0 Å². The van der Waals surface area contributed by atoms with E-state index in [9.17, 15) is 20.2 Å². The Kier molecular flexibility index (Phi) is 8.12. The summed E-state index contributed by atoms with van der Waals surface area (Å²) < 4.78 is 2.50. The first kappa shape index (κ1) is 26.4. The van der Waals surface area contributed by atoms with Gasteiger partial charge < -0.3 is 20.2 Å². The second-order valence-electron chi connectivity index (χ2n) is 7.17. The van der Waals surface area contributed by atoms with Crippen molar-refractivity contribution in [2.75, 3.05) is 31.1 Å². The fourth-order valence-electron chi connectivity index (χ4n) is 3.47. The Balaban J connectivity index is 0.000000172. The van der Waals surface area contributed by atoms with Gasteiger partial charge in [0.05, 0.1) is 20.9 Å². The Morgan fingerprint density at radius 2 is 1.29 bits per heavy atom. The first-order chi connectivity index (χ1) is 16.6. The van der Waals surface area contributed by atoms with Crippen molar-refractivity contribution in [3.63, 3.8) is 0 Å². The third-order valence-corrected chi connectivity index (χ3v) is 9.33. The number of nitro benzene ring substituents is 2. The SMILES string of the molecule is O=[N+]([O-])c1c(Br)c(Br)cc2[nH]c(Br)nc12.O=[N+]([O-])c1c(Br)c(Br)cc2[nH]c(N3CCNCC3)nc12. The number of nitrogens with one attached hydrogen (secondary N) is 3. The zero-order chi connectivity index (χ0) is 25.4. The molecule has 0 aliphatic carbocycles. The van der Waals surface area contributed by atoms with Gasteiger partial charge in [-0.25, -0.2) is 9.97 Å². The number of aromatic nitrogens is 4. The summed E-state index contributed by atoms with van der Waals surface area (Å²) in [5.74, 6) is 0.676. The molecule has 2 aromatic heterocycles. The molecule has 2 aromatic carbocycles. The summed E-state index contributed by atoms with van der Waals surface area (Å²) in [6.07, 6.45) is 0. The standard InChI is InChI=1S/C11H11Br2N5O2.C7H2Br3N3O2/c12-6-5-7-9(10(8(6)13)18(19)20)16-11(15-7)17-3-1-14-2-4-17;8-2-1-3-5(12-7(10)11-3)6(4(2)9)13(14)15/h5,14H,1-4H2,(H,15,16);1H,(H,11,12). The highest BCUT2D eigenvalue weighted by atomic mass is 79.9. The van der Waals surface area contributed by atoms with Crippen LogP contribution in [0.2, 0.25) is 0 Å². The van der Waals surface area contributed by atoms with Crippen molar-refractivity contribution >= 4 is 119 Å². The van der Waals surface area contributed by atoms with Crippen LogP contribution in [0.25, 0.3) is 22.1 Å². The molecule has 0 spiro atoms. The summed E-state index contributed by atoms with van der Waals surface area (Å²) in [5, 5.41) is 25.4. The molecule has 0 radical (unpaired) electrons. The molecule has 0 saturated carbocycles. The zero-order valence-corrected chi connectivity index (χ0v) is 25.2. The lowest BCUT2D eigenvalue weighted by molar-refractivity contribution is -0.384. The number of piperazine rings is 1. The molecule has 3 heterocycles. The highest BCUT2D eigenvalue weighted by Crippen LogP contribution is 2.40. The molecular formula is C18H13Br5N8O4. The van der Waals surface area contributed by atoms with Gasteiger partial charge in [0.2, 0.25) is 5.95 Å². The maximum atomic E-state index is 11.3. The van der Waals surface area contributed by atoms with E-state index in [2.05, 4.69) is 110 Å². The van der Waals surface area contributed by atoms with Crippen molar-refractivity contribution < 1.29 is 9.85 Å². The minimum absolute atomic E-state index is 0.0213. The normalized spacial score (nSPS) is 13.7. The van der Waals surface area contributed by atoms with Gasteiger partial charge in [-0.1, -0.05) is 0 Å². The van der Waals surface area contributed by atoms with Gasteiger partial charge in [-0.15, -0.1) is 0 Å². The van der Waals surface area contributed by atoms with Crippen molar-refractivity contribution in [2.45, 2.75) is 0 Å². The highest BCUT2D eigenvalue weighted by Gasteiger charge is 2.25. The van der Waals surface area contributed by atoms with E-state index in [0.717, 1.165) is 26.2 Å². The molecule has 0 bridgehead atoms. The lowest BCUT2D eigenvalue weighted by atomic mass is 10.3. The molecule has 17 heteroatoms.